The molecule has 4 aromatic carbocycles. The molecule has 9 heteroatoms. The second-order valence-electron chi connectivity index (χ2n) is 12.2. The van der Waals surface area contributed by atoms with Gasteiger partial charge in [0.25, 0.3) is 10.0 Å². The Hall–Kier alpha value is -4.73. The lowest BCUT2D eigenvalue weighted by Gasteiger charge is -2.30. The van der Waals surface area contributed by atoms with Gasteiger partial charge in [-0.1, -0.05) is 61.5 Å². The van der Waals surface area contributed by atoms with E-state index in [9.17, 15) is 8.42 Å². The van der Waals surface area contributed by atoms with Gasteiger partial charge >= 0.3 is 0 Å². The topological polar surface area (TPSA) is 80.8 Å². The predicted octanol–water partition coefficient (Wildman–Crippen LogP) is 8.52. The fraction of sp³-hybridized carbons (Fsp3) is 0.256. The number of fused-ring (bicyclic) bond motifs is 1. The Morgan fingerprint density at radius 3 is 2.44 bits per heavy atom. The Balaban J connectivity index is 1.13. The zero-order valence-corrected chi connectivity index (χ0v) is 28.0. The molecule has 6 rings (SSSR count). The standard InChI is InChI=1S/C39H40FN3O4S/c1-28-17-21-43(22-18-28)20-7-23-47-39-27-37-35(26-38(39)46-2)30(16-19-41-37)12-13-31-14-15-33(25-36(31)40)42-48(44,45)34-11-6-10-32(24-34)29-8-4-3-5-9-29/h3-6,8-16,19,24-28,42H,7,17-18,20-23H2,1-2H3/b13-12-. The van der Waals surface area contributed by atoms with Crippen molar-refractivity contribution >= 4 is 38.8 Å². The fourth-order valence-electron chi connectivity index (χ4n) is 5.94. The zero-order chi connectivity index (χ0) is 33.5. The van der Waals surface area contributed by atoms with Crippen LogP contribution in [0.1, 0.15) is 37.3 Å². The normalized spacial score (nSPS) is 14.4. The number of sulfonamides is 1. The molecule has 2 heterocycles. The maximum Gasteiger partial charge on any atom is 0.261 e. The molecular formula is C39H40FN3O4S. The van der Waals surface area contributed by atoms with Crippen molar-refractivity contribution in [2.45, 2.75) is 31.1 Å². The third kappa shape index (κ3) is 8.03. The highest BCUT2D eigenvalue weighted by molar-refractivity contribution is 7.92. The molecule has 0 bridgehead atoms. The van der Waals surface area contributed by atoms with Crippen molar-refractivity contribution in [3.63, 3.8) is 0 Å². The lowest BCUT2D eigenvalue weighted by molar-refractivity contribution is 0.176. The number of pyridine rings is 1. The maximum absolute atomic E-state index is 15.2. The largest absolute Gasteiger partial charge is 0.493 e. The summed E-state index contributed by atoms with van der Waals surface area (Å²) in [6.07, 6.45) is 8.61. The number of rotatable bonds is 12. The van der Waals surface area contributed by atoms with Crippen LogP contribution in [0.15, 0.2) is 102 Å². The van der Waals surface area contributed by atoms with E-state index in [1.54, 1.807) is 49.7 Å². The van der Waals surface area contributed by atoms with Gasteiger partial charge in [0, 0.05) is 29.8 Å². The average Bonchev–Trinajstić information content (AvgIpc) is 3.10. The number of hydrogen-bond acceptors (Lipinski definition) is 6. The smallest absolute Gasteiger partial charge is 0.261 e. The first-order valence-electron chi connectivity index (χ1n) is 16.3. The summed E-state index contributed by atoms with van der Waals surface area (Å²) in [5.41, 5.74) is 3.68. The van der Waals surface area contributed by atoms with Gasteiger partial charge in [-0.15, -0.1) is 0 Å². The second kappa shape index (κ2) is 15.0. The molecule has 0 saturated carbocycles. The number of methoxy groups -OCH3 is 1. The van der Waals surface area contributed by atoms with Gasteiger partial charge in [0.15, 0.2) is 11.5 Å². The molecule has 0 unspecified atom stereocenters. The van der Waals surface area contributed by atoms with Crippen molar-refractivity contribution in [3.8, 4) is 22.6 Å². The number of aromatic nitrogens is 1. The first-order valence-corrected chi connectivity index (χ1v) is 17.8. The van der Waals surface area contributed by atoms with Gasteiger partial charge in [0.05, 0.1) is 29.8 Å². The van der Waals surface area contributed by atoms with E-state index in [0.29, 0.717) is 23.7 Å². The Kier molecular flexibility index (Phi) is 10.4. The minimum Gasteiger partial charge on any atom is -0.493 e. The van der Waals surface area contributed by atoms with Crippen LogP contribution in [0.2, 0.25) is 0 Å². The quantitative estimate of drug-likeness (QED) is 0.135. The molecule has 7 nitrogen and oxygen atoms in total. The number of hydrogen-bond donors (Lipinski definition) is 1. The van der Waals surface area contributed by atoms with Crippen molar-refractivity contribution in [2.24, 2.45) is 5.92 Å². The summed E-state index contributed by atoms with van der Waals surface area (Å²) in [4.78, 5) is 7.13. The molecule has 1 saturated heterocycles. The van der Waals surface area contributed by atoms with Crippen LogP contribution in [-0.4, -0.2) is 51.7 Å². The van der Waals surface area contributed by atoms with Gasteiger partial charge in [-0.2, -0.15) is 0 Å². The SMILES string of the molecule is COc1cc2c(/C=C\c3ccc(NS(=O)(=O)c4cccc(-c5ccccc5)c4)cc3F)ccnc2cc1OCCCN1CCC(C)CC1. The molecule has 48 heavy (non-hydrogen) atoms. The lowest BCUT2D eigenvalue weighted by Crippen LogP contribution is -2.34. The number of anilines is 1. The number of benzene rings is 4. The highest BCUT2D eigenvalue weighted by atomic mass is 32.2. The van der Waals surface area contributed by atoms with Crippen LogP contribution in [-0.2, 0) is 10.0 Å². The van der Waals surface area contributed by atoms with Crippen molar-refractivity contribution in [2.75, 3.05) is 38.1 Å². The Morgan fingerprint density at radius 2 is 1.67 bits per heavy atom. The fourth-order valence-corrected chi connectivity index (χ4v) is 7.04. The average molecular weight is 666 g/mol. The molecule has 1 fully saturated rings. The third-order valence-electron chi connectivity index (χ3n) is 8.76. The van der Waals surface area contributed by atoms with Gasteiger partial charge in [-0.05, 0) is 97.4 Å². The van der Waals surface area contributed by atoms with Crippen LogP contribution in [0.5, 0.6) is 11.5 Å². The van der Waals surface area contributed by atoms with Crippen LogP contribution < -0.4 is 14.2 Å². The summed E-state index contributed by atoms with van der Waals surface area (Å²) in [6, 6.07) is 26.1. The predicted molar refractivity (Wildman–Crippen MR) is 191 cm³/mol. The molecule has 0 radical (unpaired) electrons. The molecule has 5 aromatic rings. The highest BCUT2D eigenvalue weighted by Crippen LogP contribution is 2.34. The monoisotopic (exact) mass is 665 g/mol. The van der Waals surface area contributed by atoms with Crippen molar-refractivity contribution < 1.29 is 22.3 Å². The van der Waals surface area contributed by atoms with Crippen LogP contribution in [0.25, 0.3) is 34.2 Å². The molecule has 0 aliphatic carbocycles. The van der Waals surface area contributed by atoms with Crippen LogP contribution in [0.4, 0.5) is 10.1 Å². The van der Waals surface area contributed by atoms with E-state index in [1.165, 1.54) is 25.0 Å². The minimum atomic E-state index is -3.94. The summed E-state index contributed by atoms with van der Waals surface area (Å²) < 4.78 is 55.9. The van der Waals surface area contributed by atoms with Gasteiger partial charge in [0.2, 0.25) is 0 Å². The first-order chi connectivity index (χ1) is 23.3. The zero-order valence-electron chi connectivity index (χ0n) is 27.2. The van der Waals surface area contributed by atoms with E-state index in [2.05, 4.69) is 21.5 Å². The number of nitrogens with zero attached hydrogens (tertiary/aromatic N) is 2. The molecular weight excluding hydrogens is 626 g/mol. The van der Waals surface area contributed by atoms with E-state index < -0.39 is 15.8 Å². The highest BCUT2D eigenvalue weighted by Gasteiger charge is 2.17. The van der Waals surface area contributed by atoms with Crippen LogP contribution in [0, 0.1) is 11.7 Å². The van der Waals surface area contributed by atoms with Gasteiger partial charge in [-0.25, -0.2) is 12.8 Å². The molecule has 1 N–H and O–H groups in total. The molecule has 0 amide bonds. The minimum absolute atomic E-state index is 0.0916. The van der Waals surface area contributed by atoms with E-state index in [0.717, 1.165) is 59.6 Å². The number of nitrogens with one attached hydrogen (secondary N) is 1. The van der Waals surface area contributed by atoms with E-state index in [4.69, 9.17) is 9.47 Å². The first kappa shape index (κ1) is 33.2. The van der Waals surface area contributed by atoms with E-state index in [1.807, 2.05) is 54.6 Å². The summed E-state index contributed by atoms with van der Waals surface area (Å²) in [5.74, 6) is 1.50. The number of halogens is 1. The van der Waals surface area contributed by atoms with Crippen LogP contribution in [0.3, 0.4) is 0 Å². The summed E-state index contributed by atoms with van der Waals surface area (Å²) in [6.45, 7) is 6.22. The number of piperidine rings is 1. The number of likely N-dealkylation sites (tertiary alicyclic amines) is 1. The van der Waals surface area contributed by atoms with E-state index >= 15 is 4.39 Å². The van der Waals surface area contributed by atoms with Gasteiger partial charge < -0.3 is 14.4 Å². The lowest BCUT2D eigenvalue weighted by atomic mass is 9.99. The second-order valence-corrected chi connectivity index (χ2v) is 13.9. The Bertz CT molecular complexity index is 2010. The summed E-state index contributed by atoms with van der Waals surface area (Å²) in [7, 11) is -2.33. The summed E-state index contributed by atoms with van der Waals surface area (Å²) in [5, 5.41) is 0.836. The van der Waals surface area contributed by atoms with Gasteiger partial charge in [-0.3, -0.25) is 9.71 Å². The van der Waals surface area contributed by atoms with E-state index in [-0.39, 0.29) is 10.6 Å². The third-order valence-corrected chi connectivity index (χ3v) is 10.1. The molecule has 1 aliphatic heterocycles. The van der Waals surface area contributed by atoms with Crippen molar-refractivity contribution in [1.82, 2.24) is 9.88 Å². The Labute approximate surface area is 282 Å². The summed E-state index contributed by atoms with van der Waals surface area (Å²) >= 11 is 0. The molecule has 0 spiro atoms. The molecule has 248 valence electrons. The molecule has 0 atom stereocenters. The van der Waals surface area contributed by atoms with Crippen LogP contribution >= 0.6 is 0 Å². The molecule has 1 aliphatic rings. The van der Waals surface area contributed by atoms with Crippen molar-refractivity contribution in [1.29, 1.82) is 0 Å². The number of ether oxygens (including phenoxy) is 2. The van der Waals surface area contributed by atoms with Gasteiger partial charge in [0.1, 0.15) is 5.82 Å². The molecule has 1 aromatic heterocycles. The Morgan fingerprint density at radius 1 is 0.896 bits per heavy atom. The maximum atomic E-state index is 15.2. The van der Waals surface area contributed by atoms with Crippen molar-refractivity contribution in [3.05, 3.63) is 114 Å².